The number of hydrogen-bond acceptors (Lipinski definition) is 2. The Balaban J connectivity index is 2.69. The van der Waals surface area contributed by atoms with Crippen LogP contribution in [0.25, 0.3) is 0 Å². The standard InChI is InChI=1S/C8H11NO3/c1-2-7(10)6-4-3-5-9(6)8(11)12/h2,6H,1,3-5H2,(H,11,12). The molecule has 1 fully saturated rings. The fourth-order valence-electron chi connectivity index (χ4n) is 1.43. The second-order valence-electron chi connectivity index (χ2n) is 2.74. The molecular formula is C8H11NO3. The number of amides is 1. The summed E-state index contributed by atoms with van der Waals surface area (Å²) < 4.78 is 0. The van der Waals surface area contributed by atoms with E-state index in [1.165, 1.54) is 11.0 Å². The van der Waals surface area contributed by atoms with Gasteiger partial charge in [0.05, 0.1) is 6.04 Å². The SMILES string of the molecule is C=CC(=O)C1CCCN1C(=O)O. The van der Waals surface area contributed by atoms with E-state index in [1.807, 2.05) is 0 Å². The van der Waals surface area contributed by atoms with E-state index in [1.54, 1.807) is 0 Å². The minimum Gasteiger partial charge on any atom is -0.465 e. The molecule has 1 rings (SSSR count). The lowest BCUT2D eigenvalue weighted by atomic mass is 10.1. The summed E-state index contributed by atoms with van der Waals surface area (Å²) in [7, 11) is 0. The third-order valence-corrected chi connectivity index (χ3v) is 2.03. The zero-order chi connectivity index (χ0) is 9.14. The molecular weight excluding hydrogens is 158 g/mol. The molecule has 0 aromatic rings. The largest absolute Gasteiger partial charge is 0.465 e. The van der Waals surface area contributed by atoms with Crippen LogP contribution in [-0.4, -0.2) is 34.5 Å². The van der Waals surface area contributed by atoms with E-state index < -0.39 is 12.1 Å². The first-order valence-electron chi connectivity index (χ1n) is 3.82. The summed E-state index contributed by atoms with van der Waals surface area (Å²) in [5, 5.41) is 8.67. The number of hydrogen-bond donors (Lipinski definition) is 1. The number of carbonyl (C=O) groups excluding carboxylic acids is 1. The van der Waals surface area contributed by atoms with E-state index in [-0.39, 0.29) is 5.78 Å². The Kier molecular flexibility index (Phi) is 2.47. The summed E-state index contributed by atoms with van der Waals surface area (Å²) in [6, 6.07) is -0.486. The second-order valence-corrected chi connectivity index (χ2v) is 2.74. The summed E-state index contributed by atoms with van der Waals surface area (Å²) in [4.78, 5) is 22.8. The molecule has 12 heavy (non-hydrogen) atoms. The number of ketones is 1. The van der Waals surface area contributed by atoms with Crippen molar-refractivity contribution in [1.29, 1.82) is 0 Å². The molecule has 1 aliphatic heterocycles. The molecule has 0 saturated carbocycles. The van der Waals surface area contributed by atoms with Gasteiger partial charge in [0.2, 0.25) is 0 Å². The van der Waals surface area contributed by atoms with E-state index in [9.17, 15) is 9.59 Å². The van der Waals surface area contributed by atoms with Crippen LogP contribution in [0.2, 0.25) is 0 Å². The molecule has 4 heteroatoms. The van der Waals surface area contributed by atoms with Gasteiger partial charge in [0.15, 0.2) is 5.78 Å². The van der Waals surface area contributed by atoms with Gasteiger partial charge in [-0.05, 0) is 18.9 Å². The Morgan fingerprint density at radius 3 is 2.75 bits per heavy atom. The quantitative estimate of drug-likeness (QED) is 0.624. The first-order valence-corrected chi connectivity index (χ1v) is 3.82. The highest BCUT2D eigenvalue weighted by Crippen LogP contribution is 2.17. The summed E-state index contributed by atoms with van der Waals surface area (Å²) in [5.74, 6) is -0.199. The van der Waals surface area contributed by atoms with Crippen LogP contribution in [0.1, 0.15) is 12.8 Å². The molecule has 0 aromatic carbocycles. The van der Waals surface area contributed by atoms with Crippen molar-refractivity contribution >= 4 is 11.9 Å². The number of carbonyl (C=O) groups is 2. The Labute approximate surface area is 70.5 Å². The maximum Gasteiger partial charge on any atom is 0.407 e. The molecule has 66 valence electrons. The molecule has 0 spiro atoms. The van der Waals surface area contributed by atoms with Crippen LogP contribution in [-0.2, 0) is 4.79 Å². The monoisotopic (exact) mass is 169 g/mol. The Hall–Kier alpha value is -1.32. The van der Waals surface area contributed by atoms with E-state index in [4.69, 9.17) is 5.11 Å². The summed E-state index contributed by atoms with van der Waals surface area (Å²) in [5.41, 5.74) is 0. The topological polar surface area (TPSA) is 57.6 Å². The van der Waals surface area contributed by atoms with Crippen molar-refractivity contribution < 1.29 is 14.7 Å². The average Bonchev–Trinajstić information content (AvgIpc) is 2.50. The van der Waals surface area contributed by atoms with Crippen LogP contribution in [0, 0.1) is 0 Å². The molecule has 1 aliphatic rings. The van der Waals surface area contributed by atoms with E-state index in [0.717, 1.165) is 6.42 Å². The molecule has 0 bridgehead atoms. The number of likely N-dealkylation sites (tertiary alicyclic amines) is 1. The molecule has 1 heterocycles. The third-order valence-electron chi connectivity index (χ3n) is 2.03. The van der Waals surface area contributed by atoms with Gasteiger partial charge in [0.25, 0.3) is 0 Å². The molecule has 1 amide bonds. The minimum absolute atomic E-state index is 0.199. The maximum atomic E-state index is 11.1. The summed E-state index contributed by atoms with van der Waals surface area (Å²) in [6.45, 7) is 3.79. The normalized spacial score (nSPS) is 22.3. The number of nitrogens with zero attached hydrogens (tertiary/aromatic N) is 1. The third kappa shape index (κ3) is 1.47. The van der Waals surface area contributed by atoms with Gasteiger partial charge in [0, 0.05) is 6.54 Å². The van der Waals surface area contributed by atoms with Crippen LogP contribution in [0.4, 0.5) is 4.79 Å². The van der Waals surface area contributed by atoms with Gasteiger partial charge in [-0.3, -0.25) is 9.69 Å². The first kappa shape index (κ1) is 8.77. The number of carboxylic acid groups (broad SMARTS) is 1. The molecule has 0 aliphatic carbocycles. The maximum absolute atomic E-state index is 11.1. The Morgan fingerprint density at radius 1 is 1.58 bits per heavy atom. The van der Waals surface area contributed by atoms with Gasteiger partial charge in [-0.25, -0.2) is 4.79 Å². The highest BCUT2D eigenvalue weighted by molar-refractivity contribution is 5.95. The molecule has 4 nitrogen and oxygen atoms in total. The Bertz CT molecular complexity index is 224. The predicted molar refractivity (Wildman–Crippen MR) is 43.0 cm³/mol. The molecule has 0 radical (unpaired) electrons. The summed E-state index contributed by atoms with van der Waals surface area (Å²) >= 11 is 0. The van der Waals surface area contributed by atoms with E-state index in [0.29, 0.717) is 13.0 Å². The lowest BCUT2D eigenvalue weighted by Gasteiger charge is -2.18. The van der Waals surface area contributed by atoms with Gasteiger partial charge in [-0.1, -0.05) is 6.58 Å². The van der Waals surface area contributed by atoms with Gasteiger partial charge < -0.3 is 5.11 Å². The van der Waals surface area contributed by atoms with Crippen LogP contribution < -0.4 is 0 Å². The molecule has 1 saturated heterocycles. The zero-order valence-corrected chi connectivity index (χ0v) is 6.69. The molecule has 1 atom stereocenters. The molecule has 0 aromatic heterocycles. The highest BCUT2D eigenvalue weighted by Gasteiger charge is 2.32. The molecule has 1 N–H and O–H groups in total. The van der Waals surface area contributed by atoms with Crippen molar-refractivity contribution in [2.75, 3.05) is 6.54 Å². The molecule has 1 unspecified atom stereocenters. The van der Waals surface area contributed by atoms with Crippen LogP contribution >= 0.6 is 0 Å². The summed E-state index contributed by atoms with van der Waals surface area (Å²) in [6.07, 6.45) is 1.55. The second kappa shape index (κ2) is 3.38. The van der Waals surface area contributed by atoms with Crippen LogP contribution in [0.5, 0.6) is 0 Å². The van der Waals surface area contributed by atoms with Crippen molar-refractivity contribution in [2.45, 2.75) is 18.9 Å². The predicted octanol–water partition coefficient (Wildman–Crippen LogP) is 0.884. The van der Waals surface area contributed by atoms with Gasteiger partial charge in [-0.2, -0.15) is 0 Å². The highest BCUT2D eigenvalue weighted by atomic mass is 16.4. The zero-order valence-electron chi connectivity index (χ0n) is 6.69. The lowest BCUT2D eigenvalue weighted by Crippen LogP contribution is -2.38. The van der Waals surface area contributed by atoms with Crippen LogP contribution in [0.3, 0.4) is 0 Å². The average molecular weight is 169 g/mol. The van der Waals surface area contributed by atoms with E-state index in [2.05, 4.69) is 6.58 Å². The van der Waals surface area contributed by atoms with Gasteiger partial charge >= 0.3 is 6.09 Å². The van der Waals surface area contributed by atoms with Gasteiger partial charge in [-0.15, -0.1) is 0 Å². The van der Waals surface area contributed by atoms with Crippen molar-refractivity contribution in [3.05, 3.63) is 12.7 Å². The van der Waals surface area contributed by atoms with Crippen molar-refractivity contribution in [3.63, 3.8) is 0 Å². The van der Waals surface area contributed by atoms with Crippen LogP contribution in [0.15, 0.2) is 12.7 Å². The fraction of sp³-hybridized carbons (Fsp3) is 0.500. The van der Waals surface area contributed by atoms with Crippen molar-refractivity contribution in [1.82, 2.24) is 4.90 Å². The number of rotatable bonds is 2. The van der Waals surface area contributed by atoms with E-state index >= 15 is 0 Å². The Morgan fingerprint density at radius 2 is 2.25 bits per heavy atom. The van der Waals surface area contributed by atoms with Crippen molar-refractivity contribution in [3.8, 4) is 0 Å². The smallest absolute Gasteiger partial charge is 0.407 e. The fourth-order valence-corrected chi connectivity index (χ4v) is 1.43. The van der Waals surface area contributed by atoms with Gasteiger partial charge in [0.1, 0.15) is 0 Å². The minimum atomic E-state index is -1.02. The van der Waals surface area contributed by atoms with Crippen molar-refractivity contribution in [2.24, 2.45) is 0 Å². The first-order chi connectivity index (χ1) is 5.66. The lowest BCUT2D eigenvalue weighted by molar-refractivity contribution is -0.118.